The Balaban J connectivity index is 1.93. The minimum atomic E-state index is -0.953. The van der Waals surface area contributed by atoms with Gasteiger partial charge in [-0.1, -0.05) is 47.5 Å². The van der Waals surface area contributed by atoms with Gasteiger partial charge in [-0.15, -0.1) is 0 Å². The molecule has 3 N–H and O–H groups in total. The van der Waals surface area contributed by atoms with Crippen LogP contribution in [0, 0.1) is 6.92 Å². The highest BCUT2D eigenvalue weighted by Crippen LogP contribution is 2.35. The van der Waals surface area contributed by atoms with E-state index in [1.54, 1.807) is 27.1 Å². The van der Waals surface area contributed by atoms with E-state index in [-0.39, 0.29) is 12.6 Å². The Hall–Kier alpha value is -4.34. The largest absolute Gasteiger partial charge is 0.404 e. The monoisotopic (exact) mass is 582 g/mol. The molecule has 0 spiro atoms. The number of rotatable bonds is 10. The van der Waals surface area contributed by atoms with E-state index in [1.165, 1.54) is 16.7 Å². The number of hydrogen-bond donors (Lipinski definition) is 2. The number of benzene rings is 2. The Morgan fingerprint density at radius 2 is 1.93 bits per heavy atom. The molecule has 2 heterocycles. The van der Waals surface area contributed by atoms with Crippen LogP contribution in [0.5, 0.6) is 0 Å². The number of amides is 1. The number of nitrogens with two attached hydrogens (primary N) is 1. The predicted molar refractivity (Wildman–Crippen MR) is 175 cm³/mol. The molecule has 1 fully saturated rings. The van der Waals surface area contributed by atoms with E-state index in [0.29, 0.717) is 31.2 Å². The molecule has 1 aliphatic heterocycles. The van der Waals surface area contributed by atoms with Gasteiger partial charge in [-0.05, 0) is 63.5 Å². The van der Waals surface area contributed by atoms with Crippen molar-refractivity contribution in [2.24, 2.45) is 10.7 Å². The number of fused-ring (bicyclic) bond motifs is 1. The zero-order chi connectivity index (χ0) is 31.1. The number of aryl methyl sites for hydroxylation is 1. The summed E-state index contributed by atoms with van der Waals surface area (Å²) in [4.78, 5) is 29.6. The molecule has 1 aromatic heterocycles. The molecular weight excluding hydrogens is 540 g/mol. The Bertz CT molecular complexity index is 1560. The molecule has 1 atom stereocenters. The second-order valence-corrected chi connectivity index (χ2v) is 11.8. The number of hydrogen-bond acceptors (Lipinski definition) is 8. The topological polar surface area (TPSA) is 117 Å². The first-order chi connectivity index (χ1) is 20.5. The van der Waals surface area contributed by atoms with Crippen molar-refractivity contribution in [1.82, 2.24) is 14.9 Å². The SMILES string of the molecule is CC(C)=C/C(=C\N(C)C=O)c1ccc2nc(/C(C=NCC(C)(C)O)=C/N)nc(N3CCOCC3c3ccc(C)cc3)c2c1. The van der Waals surface area contributed by atoms with Crippen LogP contribution in [0.2, 0.25) is 0 Å². The van der Waals surface area contributed by atoms with Gasteiger partial charge in [0.25, 0.3) is 0 Å². The quantitative estimate of drug-likeness (QED) is 0.195. The van der Waals surface area contributed by atoms with Gasteiger partial charge in [-0.3, -0.25) is 9.79 Å². The van der Waals surface area contributed by atoms with Gasteiger partial charge >= 0.3 is 0 Å². The third-order valence-electron chi connectivity index (χ3n) is 6.97. The fourth-order valence-electron chi connectivity index (χ4n) is 4.86. The lowest BCUT2D eigenvalue weighted by Crippen LogP contribution is -2.40. The fourth-order valence-corrected chi connectivity index (χ4v) is 4.86. The van der Waals surface area contributed by atoms with E-state index in [2.05, 4.69) is 47.1 Å². The Morgan fingerprint density at radius 3 is 2.58 bits per heavy atom. The van der Waals surface area contributed by atoms with Crippen molar-refractivity contribution in [3.05, 3.63) is 89.0 Å². The molecule has 1 saturated heterocycles. The summed E-state index contributed by atoms with van der Waals surface area (Å²) < 4.78 is 5.96. The molecule has 9 nitrogen and oxygen atoms in total. The molecule has 3 aromatic rings. The van der Waals surface area contributed by atoms with Gasteiger partial charge in [0.05, 0.1) is 42.5 Å². The molecular formula is C34H42N6O3. The van der Waals surface area contributed by atoms with Crippen molar-refractivity contribution < 1.29 is 14.6 Å². The van der Waals surface area contributed by atoms with E-state index < -0.39 is 5.60 Å². The summed E-state index contributed by atoms with van der Waals surface area (Å²) in [6.07, 6.45) is 7.69. The molecule has 1 amide bonds. The Kier molecular flexibility index (Phi) is 10.1. The molecule has 0 bridgehead atoms. The fraction of sp³-hybridized carbons (Fsp3) is 0.353. The van der Waals surface area contributed by atoms with Crippen LogP contribution in [-0.4, -0.2) is 71.6 Å². The predicted octanol–water partition coefficient (Wildman–Crippen LogP) is 5.05. The molecule has 1 aliphatic rings. The lowest BCUT2D eigenvalue weighted by Gasteiger charge is -2.37. The number of morpholine rings is 1. The van der Waals surface area contributed by atoms with Crippen molar-refractivity contribution in [3.8, 4) is 0 Å². The van der Waals surface area contributed by atoms with Crippen LogP contribution < -0.4 is 10.6 Å². The summed E-state index contributed by atoms with van der Waals surface area (Å²) in [6, 6.07) is 14.5. The van der Waals surface area contributed by atoms with Gasteiger partial charge in [-0.25, -0.2) is 9.97 Å². The van der Waals surface area contributed by atoms with Gasteiger partial charge in [0.1, 0.15) is 5.82 Å². The van der Waals surface area contributed by atoms with E-state index in [9.17, 15) is 9.90 Å². The first kappa shape index (κ1) is 31.6. The molecule has 226 valence electrons. The number of allylic oxidation sites excluding steroid dienone is 4. The van der Waals surface area contributed by atoms with Crippen LogP contribution >= 0.6 is 0 Å². The number of carbonyl (C=O) groups excluding carboxylic acids is 1. The van der Waals surface area contributed by atoms with Crippen molar-refractivity contribution in [3.63, 3.8) is 0 Å². The summed E-state index contributed by atoms with van der Waals surface area (Å²) in [5.41, 5.74) is 11.6. The zero-order valence-electron chi connectivity index (χ0n) is 25.9. The first-order valence-electron chi connectivity index (χ1n) is 14.4. The third-order valence-corrected chi connectivity index (χ3v) is 6.97. The van der Waals surface area contributed by atoms with Crippen LogP contribution in [0.1, 0.15) is 56.3 Å². The number of aromatic nitrogens is 2. The molecule has 1 unspecified atom stereocenters. The lowest BCUT2D eigenvalue weighted by molar-refractivity contribution is -0.114. The average Bonchev–Trinajstić information content (AvgIpc) is 2.98. The summed E-state index contributed by atoms with van der Waals surface area (Å²) >= 11 is 0. The van der Waals surface area contributed by atoms with Crippen molar-refractivity contribution in [2.75, 3.05) is 38.3 Å². The maximum atomic E-state index is 11.5. The highest BCUT2D eigenvalue weighted by molar-refractivity contribution is 6.09. The summed E-state index contributed by atoms with van der Waals surface area (Å²) in [5.74, 6) is 1.19. The second kappa shape index (κ2) is 13.8. The van der Waals surface area contributed by atoms with Gasteiger partial charge in [0.2, 0.25) is 6.41 Å². The molecule has 0 aliphatic carbocycles. The maximum absolute atomic E-state index is 11.5. The minimum absolute atomic E-state index is 0.0629. The van der Waals surface area contributed by atoms with E-state index in [0.717, 1.165) is 45.4 Å². The normalized spacial score (nSPS) is 16.5. The van der Waals surface area contributed by atoms with Crippen LogP contribution in [0.3, 0.4) is 0 Å². The van der Waals surface area contributed by atoms with Crippen molar-refractivity contribution >= 4 is 40.5 Å². The highest BCUT2D eigenvalue weighted by atomic mass is 16.5. The van der Waals surface area contributed by atoms with Crippen LogP contribution in [-0.2, 0) is 9.53 Å². The minimum Gasteiger partial charge on any atom is -0.404 e. The van der Waals surface area contributed by atoms with Gasteiger partial charge in [-0.2, -0.15) is 0 Å². The second-order valence-electron chi connectivity index (χ2n) is 11.8. The molecule has 2 aromatic carbocycles. The third kappa shape index (κ3) is 8.15. The van der Waals surface area contributed by atoms with Crippen molar-refractivity contribution in [2.45, 2.75) is 46.3 Å². The molecule has 0 radical (unpaired) electrons. The summed E-state index contributed by atoms with van der Waals surface area (Å²) in [7, 11) is 1.72. The molecule has 4 rings (SSSR count). The first-order valence-corrected chi connectivity index (χ1v) is 14.4. The molecule has 0 saturated carbocycles. The Morgan fingerprint density at radius 1 is 1.19 bits per heavy atom. The van der Waals surface area contributed by atoms with Gasteiger partial charge in [0, 0.05) is 37.6 Å². The molecule has 43 heavy (non-hydrogen) atoms. The van der Waals surface area contributed by atoms with Crippen molar-refractivity contribution in [1.29, 1.82) is 0 Å². The number of anilines is 1. The zero-order valence-corrected chi connectivity index (χ0v) is 25.9. The number of aliphatic hydroxyl groups is 1. The number of aliphatic imine (C=N–C) groups is 1. The highest BCUT2D eigenvalue weighted by Gasteiger charge is 2.28. The summed E-state index contributed by atoms with van der Waals surface area (Å²) in [6.45, 7) is 11.4. The average molecular weight is 583 g/mol. The van der Waals surface area contributed by atoms with E-state index in [1.807, 2.05) is 38.3 Å². The van der Waals surface area contributed by atoms with Crippen LogP contribution in [0.25, 0.3) is 22.0 Å². The Labute approximate surface area is 254 Å². The van der Waals surface area contributed by atoms with Crippen LogP contribution in [0.15, 0.2) is 71.5 Å². The molecule has 9 heteroatoms. The standard InChI is InChI=1S/C34H42N6O3/c1-23(2)15-27(19-39(6)22-41)26-11-12-30-29(16-26)33(38-32(37-30)28(17-35)18-36-21-34(4,5)42)40-13-14-43-20-31(40)25-9-7-24(3)8-10-25/h7-12,15-19,22,31,42H,13-14,20-21,35H2,1-6H3/b27-19+,28-17+,36-18?. The van der Waals surface area contributed by atoms with Gasteiger partial charge < -0.3 is 25.4 Å². The van der Waals surface area contributed by atoms with E-state index >= 15 is 0 Å². The number of nitrogens with zero attached hydrogens (tertiary/aromatic N) is 5. The van der Waals surface area contributed by atoms with Crippen LogP contribution in [0.4, 0.5) is 5.82 Å². The smallest absolute Gasteiger partial charge is 0.213 e. The lowest BCUT2D eigenvalue weighted by atomic mass is 10.00. The summed E-state index contributed by atoms with van der Waals surface area (Å²) in [5, 5.41) is 11.0. The number of ether oxygens (including phenoxy) is 1. The van der Waals surface area contributed by atoms with E-state index in [4.69, 9.17) is 20.4 Å². The maximum Gasteiger partial charge on any atom is 0.213 e. The van der Waals surface area contributed by atoms with Gasteiger partial charge in [0.15, 0.2) is 5.82 Å². The number of carbonyl (C=O) groups is 1.